The fraction of sp³-hybridized carbons (Fsp3) is 0.625. The van der Waals surface area contributed by atoms with Gasteiger partial charge in [0, 0.05) is 18.2 Å². The largest absolute Gasteiger partial charge is 0.493 e. The predicted molar refractivity (Wildman–Crippen MR) is 75.2 cm³/mol. The minimum Gasteiger partial charge on any atom is -0.493 e. The maximum atomic E-state index is 5.56. The van der Waals surface area contributed by atoms with Crippen molar-refractivity contribution in [2.75, 3.05) is 11.9 Å². The number of fused-ring (bicyclic) bond motifs is 1. The van der Waals surface area contributed by atoms with Crippen LogP contribution in [0.25, 0.3) is 0 Å². The summed E-state index contributed by atoms with van der Waals surface area (Å²) in [6.45, 7) is 5.60. The van der Waals surface area contributed by atoms with E-state index in [4.69, 9.17) is 4.74 Å². The van der Waals surface area contributed by atoms with E-state index < -0.39 is 0 Å². The van der Waals surface area contributed by atoms with Gasteiger partial charge in [-0.3, -0.25) is 0 Å². The van der Waals surface area contributed by atoms with Crippen LogP contribution >= 0.6 is 0 Å². The van der Waals surface area contributed by atoms with Gasteiger partial charge in [0.15, 0.2) is 0 Å². The molecule has 2 nitrogen and oxygen atoms in total. The van der Waals surface area contributed by atoms with E-state index >= 15 is 0 Å². The molecule has 2 unspecified atom stereocenters. The van der Waals surface area contributed by atoms with Crippen LogP contribution in [0.15, 0.2) is 18.2 Å². The Hall–Kier alpha value is -1.18. The number of benzene rings is 1. The highest BCUT2D eigenvalue weighted by Gasteiger charge is 2.27. The average molecular weight is 245 g/mol. The van der Waals surface area contributed by atoms with Crippen LogP contribution in [-0.4, -0.2) is 12.6 Å². The first-order valence-corrected chi connectivity index (χ1v) is 7.26. The molecule has 1 aromatic carbocycles. The molecule has 1 saturated carbocycles. The highest BCUT2D eigenvalue weighted by Crippen LogP contribution is 2.33. The van der Waals surface area contributed by atoms with Crippen molar-refractivity contribution >= 4 is 5.69 Å². The molecule has 0 radical (unpaired) electrons. The maximum absolute atomic E-state index is 5.56. The Morgan fingerprint density at radius 2 is 1.94 bits per heavy atom. The maximum Gasteiger partial charge on any atom is 0.122 e. The van der Waals surface area contributed by atoms with E-state index in [0.717, 1.165) is 30.6 Å². The van der Waals surface area contributed by atoms with Crippen molar-refractivity contribution in [3.05, 3.63) is 23.8 Å². The highest BCUT2D eigenvalue weighted by molar-refractivity contribution is 5.53. The molecule has 0 aromatic heterocycles. The van der Waals surface area contributed by atoms with Crippen LogP contribution in [0, 0.1) is 11.8 Å². The van der Waals surface area contributed by atoms with Crippen molar-refractivity contribution in [2.24, 2.45) is 11.8 Å². The lowest BCUT2D eigenvalue weighted by molar-refractivity contribution is 0.268. The lowest BCUT2D eigenvalue weighted by Gasteiger charge is -2.36. The average Bonchev–Trinajstić information content (AvgIpc) is 2.81. The quantitative estimate of drug-likeness (QED) is 0.854. The number of anilines is 1. The van der Waals surface area contributed by atoms with Crippen molar-refractivity contribution < 1.29 is 4.74 Å². The molecule has 18 heavy (non-hydrogen) atoms. The van der Waals surface area contributed by atoms with Gasteiger partial charge in [-0.1, -0.05) is 20.3 Å². The standard InChI is InChI=1S/C16H23NO/c1-11-4-3-5-12(2)16(11)17-14-6-7-15-13(10-14)8-9-18-15/h6-7,10-12,16-17H,3-5,8-9H2,1-2H3. The number of ether oxygens (including phenoxy) is 1. The summed E-state index contributed by atoms with van der Waals surface area (Å²) in [5.41, 5.74) is 2.63. The molecule has 98 valence electrons. The Labute approximate surface area is 110 Å². The van der Waals surface area contributed by atoms with E-state index in [2.05, 4.69) is 37.4 Å². The van der Waals surface area contributed by atoms with E-state index in [1.807, 2.05) is 0 Å². The molecule has 3 rings (SSSR count). The summed E-state index contributed by atoms with van der Waals surface area (Å²) in [6, 6.07) is 7.18. The predicted octanol–water partition coefficient (Wildman–Crippen LogP) is 3.86. The number of nitrogens with one attached hydrogen (secondary N) is 1. The van der Waals surface area contributed by atoms with E-state index in [1.54, 1.807) is 0 Å². The lowest BCUT2D eigenvalue weighted by Crippen LogP contribution is -2.37. The Balaban J connectivity index is 1.75. The Kier molecular flexibility index (Phi) is 3.19. The van der Waals surface area contributed by atoms with E-state index in [9.17, 15) is 0 Å². The fourth-order valence-electron chi connectivity index (χ4n) is 3.44. The van der Waals surface area contributed by atoms with Gasteiger partial charge in [0.05, 0.1) is 6.61 Å². The van der Waals surface area contributed by atoms with Crippen LogP contribution in [0.2, 0.25) is 0 Å². The molecule has 1 heterocycles. The Bertz CT molecular complexity index is 419. The molecule has 0 bridgehead atoms. The summed E-state index contributed by atoms with van der Waals surface area (Å²) in [5.74, 6) is 2.63. The molecule has 1 N–H and O–H groups in total. The van der Waals surface area contributed by atoms with Gasteiger partial charge in [0.1, 0.15) is 5.75 Å². The second-order valence-corrected chi connectivity index (χ2v) is 5.98. The van der Waals surface area contributed by atoms with E-state index in [-0.39, 0.29) is 0 Å². The van der Waals surface area contributed by atoms with Crippen LogP contribution in [0.4, 0.5) is 5.69 Å². The van der Waals surface area contributed by atoms with Crippen molar-refractivity contribution in [1.29, 1.82) is 0 Å². The summed E-state index contributed by atoms with van der Waals surface area (Å²) in [5, 5.41) is 3.75. The second-order valence-electron chi connectivity index (χ2n) is 5.98. The van der Waals surface area contributed by atoms with Crippen LogP contribution in [0.3, 0.4) is 0 Å². The van der Waals surface area contributed by atoms with Crippen LogP contribution in [0.5, 0.6) is 5.75 Å². The van der Waals surface area contributed by atoms with Gasteiger partial charge < -0.3 is 10.1 Å². The lowest BCUT2D eigenvalue weighted by atomic mass is 9.78. The summed E-state index contributed by atoms with van der Waals surface area (Å²) in [4.78, 5) is 0. The van der Waals surface area contributed by atoms with Crippen LogP contribution in [0.1, 0.15) is 38.7 Å². The molecule has 0 amide bonds. The van der Waals surface area contributed by atoms with Crippen LogP contribution < -0.4 is 10.1 Å². The Morgan fingerprint density at radius 3 is 2.72 bits per heavy atom. The normalized spacial score (nSPS) is 30.7. The van der Waals surface area contributed by atoms with Crippen molar-refractivity contribution in [1.82, 2.24) is 0 Å². The Morgan fingerprint density at radius 1 is 1.17 bits per heavy atom. The SMILES string of the molecule is CC1CCCC(C)C1Nc1ccc2c(c1)CCO2. The molecule has 0 spiro atoms. The summed E-state index contributed by atoms with van der Waals surface area (Å²) < 4.78 is 5.56. The summed E-state index contributed by atoms with van der Waals surface area (Å²) in [6.07, 6.45) is 5.16. The second kappa shape index (κ2) is 4.83. The van der Waals surface area contributed by atoms with E-state index in [1.165, 1.54) is 30.5 Å². The van der Waals surface area contributed by atoms with Crippen molar-refractivity contribution in [3.63, 3.8) is 0 Å². The third kappa shape index (κ3) is 2.21. The minimum absolute atomic E-state index is 0.624. The van der Waals surface area contributed by atoms with Gasteiger partial charge in [0.25, 0.3) is 0 Å². The third-order valence-electron chi connectivity index (χ3n) is 4.57. The van der Waals surface area contributed by atoms with Gasteiger partial charge in [-0.25, -0.2) is 0 Å². The molecule has 1 aliphatic carbocycles. The molecule has 2 heteroatoms. The van der Waals surface area contributed by atoms with Gasteiger partial charge in [-0.05, 0) is 48.4 Å². The number of hydrogen-bond donors (Lipinski definition) is 1. The highest BCUT2D eigenvalue weighted by atomic mass is 16.5. The smallest absolute Gasteiger partial charge is 0.122 e. The molecule has 1 aromatic rings. The van der Waals surface area contributed by atoms with Crippen molar-refractivity contribution in [2.45, 2.75) is 45.6 Å². The molecular weight excluding hydrogens is 222 g/mol. The van der Waals surface area contributed by atoms with Crippen molar-refractivity contribution in [3.8, 4) is 5.75 Å². The summed E-state index contributed by atoms with van der Waals surface area (Å²) >= 11 is 0. The van der Waals surface area contributed by atoms with Gasteiger partial charge >= 0.3 is 0 Å². The monoisotopic (exact) mass is 245 g/mol. The molecule has 1 aliphatic heterocycles. The first-order chi connectivity index (χ1) is 8.74. The van der Waals surface area contributed by atoms with Crippen LogP contribution in [-0.2, 0) is 6.42 Å². The van der Waals surface area contributed by atoms with Gasteiger partial charge in [0.2, 0.25) is 0 Å². The third-order valence-corrected chi connectivity index (χ3v) is 4.57. The zero-order valence-corrected chi connectivity index (χ0v) is 11.4. The minimum atomic E-state index is 0.624. The fourth-order valence-corrected chi connectivity index (χ4v) is 3.44. The number of hydrogen-bond acceptors (Lipinski definition) is 2. The molecule has 2 atom stereocenters. The van der Waals surface area contributed by atoms with Gasteiger partial charge in [-0.15, -0.1) is 0 Å². The van der Waals surface area contributed by atoms with E-state index in [0.29, 0.717) is 6.04 Å². The topological polar surface area (TPSA) is 21.3 Å². The molecule has 1 fully saturated rings. The summed E-state index contributed by atoms with van der Waals surface area (Å²) in [7, 11) is 0. The number of rotatable bonds is 2. The molecule has 2 aliphatic rings. The first-order valence-electron chi connectivity index (χ1n) is 7.26. The zero-order valence-electron chi connectivity index (χ0n) is 11.4. The van der Waals surface area contributed by atoms with Gasteiger partial charge in [-0.2, -0.15) is 0 Å². The molecular formula is C16H23NO. The molecule has 0 saturated heterocycles. The zero-order chi connectivity index (χ0) is 12.5. The first kappa shape index (κ1) is 11.9.